The van der Waals surface area contributed by atoms with E-state index in [0.717, 1.165) is 36.3 Å². The number of carbonyl (C=O) groups excluding carboxylic acids is 1. The third-order valence-corrected chi connectivity index (χ3v) is 6.78. The molecule has 2 atom stereocenters. The van der Waals surface area contributed by atoms with E-state index in [-0.39, 0.29) is 23.0 Å². The zero-order valence-electron chi connectivity index (χ0n) is 17.3. The Balaban J connectivity index is 1.52. The van der Waals surface area contributed by atoms with Crippen molar-refractivity contribution in [2.45, 2.75) is 48.0 Å². The lowest BCUT2D eigenvalue weighted by Crippen LogP contribution is -2.43. The Labute approximate surface area is 180 Å². The Morgan fingerprint density at radius 1 is 1.17 bits per heavy atom. The first-order valence-electron chi connectivity index (χ1n) is 10.2. The first-order valence-corrected chi connectivity index (χ1v) is 11.1. The third kappa shape index (κ3) is 4.90. The minimum Gasteiger partial charge on any atom is -0.493 e. The number of para-hydroxylation sites is 1. The Morgan fingerprint density at radius 3 is 2.60 bits per heavy atom. The van der Waals surface area contributed by atoms with Crippen LogP contribution in [-0.4, -0.2) is 48.9 Å². The zero-order valence-corrected chi connectivity index (χ0v) is 18.1. The van der Waals surface area contributed by atoms with Gasteiger partial charge in [0.05, 0.1) is 20.3 Å². The first-order chi connectivity index (χ1) is 14.6. The zero-order chi connectivity index (χ0) is 21.1. The number of methoxy groups -OCH3 is 2. The number of hydrogen-bond donors (Lipinski definition) is 1. The SMILES string of the molecule is COc1cccc(CN2C[C@H](Sc3ccc(F)cc3)C[C@H]2C(=O)NC2CC2)c1OC. The van der Waals surface area contributed by atoms with Crippen molar-refractivity contribution in [3.05, 3.63) is 53.8 Å². The second kappa shape index (κ2) is 9.27. The fourth-order valence-corrected chi connectivity index (χ4v) is 5.14. The minimum absolute atomic E-state index is 0.0987. The average Bonchev–Trinajstić information content (AvgIpc) is 3.48. The molecule has 0 radical (unpaired) electrons. The van der Waals surface area contributed by atoms with E-state index in [9.17, 15) is 9.18 Å². The highest BCUT2D eigenvalue weighted by atomic mass is 32.2. The highest BCUT2D eigenvalue weighted by molar-refractivity contribution is 8.00. The number of benzene rings is 2. The Bertz CT molecular complexity index is 889. The number of halogens is 1. The number of nitrogens with zero attached hydrogens (tertiary/aromatic N) is 1. The van der Waals surface area contributed by atoms with E-state index >= 15 is 0 Å². The molecule has 0 unspecified atom stereocenters. The molecule has 1 aliphatic carbocycles. The van der Waals surface area contributed by atoms with Gasteiger partial charge in [-0.2, -0.15) is 0 Å². The van der Waals surface area contributed by atoms with Gasteiger partial charge < -0.3 is 14.8 Å². The standard InChI is InChI=1S/C23H27FN2O3S/c1-28-21-5-3-4-15(22(21)29-2)13-26-14-19(30-18-10-6-16(24)7-11-18)12-20(26)23(27)25-17-8-9-17/h3-7,10-11,17,19-20H,8-9,12-14H2,1-2H3,(H,25,27)/t19-,20+/m1/s1. The summed E-state index contributed by atoms with van der Waals surface area (Å²) in [6.45, 7) is 1.37. The predicted molar refractivity (Wildman–Crippen MR) is 116 cm³/mol. The van der Waals surface area contributed by atoms with Crippen LogP contribution in [0, 0.1) is 5.82 Å². The number of likely N-dealkylation sites (tertiary alicyclic amines) is 1. The molecule has 1 saturated carbocycles. The molecule has 1 aliphatic heterocycles. The van der Waals surface area contributed by atoms with Crippen LogP contribution >= 0.6 is 11.8 Å². The molecular formula is C23H27FN2O3S. The normalized spacial score (nSPS) is 21.4. The van der Waals surface area contributed by atoms with Crippen LogP contribution in [0.3, 0.4) is 0 Å². The molecule has 1 saturated heterocycles. The lowest BCUT2D eigenvalue weighted by atomic mass is 10.1. The molecule has 30 heavy (non-hydrogen) atoms. The van der Waals surface area contributed by atoms with E-state index in [4.69, 9.17) is 9.47 Å². The minimum atomic E-state index is -0.237. The summed E-state index contributed by atoms with van der Waals surface area (Å²) in [4.78, 5) is 16.2. The number of hydrogen-bond acceptors (Lipinski definition) is 5. The Morgan fingerprint density at radius 2 is 1.93 bits per heavy atom. The summed E-state index contributed by atoms with van der Waals surface area (Å²) in [5, 5.41) is 3.41. The number of carbonyl (C=O) groups is 1. The van der Waals surface area contributed by atoms with Gasteiger partial charge >= 0.3 is 0 Å². The monoisotopic (exact) mass is 430 g/mol. The highest BCUT2D eigenvalue weighted by Gasteiger charge is 2.39. The summed E-state index contributed by atoms with van der Waals surface area (Å²) in [6, 6.07) is 12.5. The van der Waals surface area contributed by atoms with Crippen molar-refractivity contribution >= 4 is 17.7 Å². The molecule has 7 heteroatoms. The second-order valence-electron chi connectivity index (χ2n) is 7.81. The topological polar surface area (TPSA) is 50.8 Å². The van der Waals surface area contributed by atoms with Gasteiger partial charge in [0.25, 0.3) is 0 Å². The van der Waals surface area contributed by atoms with Crippen molar-refractivity contribution in [2.75, 3.05) is 20.8 Å². The number of rotatable bonds is 8. The fourth-order valence-electron chi connectivity index (χ4n) is 3.92. The molecule has 160 valence electrons. The molecule has 0 spiro atoms. The van der Waals surface area contributed by atoms with Crippen molar-refractivity contribution in [3.8, 4) is 11.5 Å². The molecule has 2 fully saturated rings. The first kappa shape index (κ1) is 21.0. The van der Waals surface area contributed by atoms with Gasteiger partial charge in [-0.3, -0.25) is 9.69 Å². The molecule has 2 aromatic rings. The summed E-state index contributed by atoms with van der Waals surface area (Å²) < 4.78 is 24.3. The molecule has 1 amide bonds. The van der Waals surface area contributed by atoms with Crippen molar-refractivity contribution in [2.24, 2.45) is 0 Å². The molecule has 0 aromatic heterocycles. The summed E-state index contributed by atoms with van der Waals surface area (Å²) in [5.41, 5.74) is 0.994. The quantitative estimate of drug-likeness (QED) is 0.689. The summed E-state index contributed by atoms with van der Waals surface area (Å²) in [5.74, 6) is 1.25. The third-order valence-electron chi connectivity index (χ3n) is 5.57. The fraction of sp³-hybridized carbons (Fsp3) is 0.435. The van der Waals surface area contributed by atoms with Crippen LogP contribution in [0.15, 0.2) is 47.4 Å². The molecule has 1 N–H and O–H groups in total. The summed E-state index contributed by atoms with van der Waals surface area (Å²) >= 11 is 1.70. The van der Waals surface area contributed by atoms with Crippen molar-refractivity contribution in [1.82, 2.24) is 10.2 Å². The van der Waals surface area contributed by atoms with Crippen molar-refractivity contribution in [1.29, 1.82) is 0 Å². The van der Waals surface area contributed by atoms with E-state index in [1.807, 2.05) is 18.2 Å². The maximum Gasteiger partial charge on any atom is 0.237 e. The van der Waals surface area contributed by atoms with Gasteiger partial charge in [-0.1, -0.05) is 12.1 Å². The van der Waals surface area contributed by atoms with Gasteiger partial charge in [-0.05, 0) is 49.6 Å². The van der Waals surface area contributed by atoms with E-state index in [1.54, 1.807) is 38.1 Å². The number of nitrogens with one attached hydrogen (secondary N) is 1. The highest BCUT2D eigenvalue weighted by Crippen LogP contribution is 2.37. The Hall–Kier alpha value is -2.25. The van der Waals surface area contributed by atoms with Gasteiger partial charge in [0.2, 0.25) is 5.91 Å². The van der Waals surface area contributed by atoms with Crippen LogP contribution in [0.5, 0.6) is 11.5 Å². The molecule has 2 aromatic carbocycles. The largest absolute Gasteiger partial charge is 0.493 e. The summed E-state index contributed by atoms with van der Waals surface area (Å²) in [6.07, 6.45) is 2.89. The van der Waals surface area contributed by atoms with Crippen LogP contribution in [-0.2, 0) is 11.3 Å². The second-order valence-corrected chi connectivity index (χ2v) is 9.18. The lowest BCUT2D eigenvalue weighted by molar-refractivity contribution is -0.125. The van der Waals surface area contributed by atoms with E-state index in [2.05, 4.69) is 10.2 Å². The molecule has 2 aliphatic rings. The van der Waals surface area contributed by atoms with Crippen LogP contribution in [0.25, 0.3) is 0 Å². The van der Waals surface area contributed by atoms with Crippen molar-refractivity contribution in [3.63, 3.8) is 0 Å². The van der Waals surface area contributed by atoms with Crippen LogP contribution in [0.1, 0.15) is 24.8 Å². The molecule has 5 nitrogen and oxygen atoms in total. The van der Waals surface area contributed by atoms with Gasteiger partial charge in [-0.15, -0.1) is 11.8 Å². The van der Waals surface area contributed by atoms with Gasteiger partial charge in [0.15, 0.2) is 11.5 Å². The van der Waals surface area contributed by atoms with E-state index in [0.29, 0.717) is 24.1 Å². The lowest BCUT2D eigenvalue weighted by Gasteiger charge is -2.25. The van der Waals surface area contributed by atoms with Crippen LogP contribution < -0.4 is 14.8 Å². The molecular weight excluding hydrogens is 403 g/mol. The maximum atomic E-state index is 13.2. The van der Waals surface area contributed by atoms with Crippen LogP contribution in [0.2, 0.25) is 0 Å². The smallest absolute Gasteiger partial charge is 0.237 e. The van der Waals surface area contributed by atoms with E-state index < -0.39 is 0 Å². The number of ether oxygens (including phenoxy) is 2. The molecule has 0 bridgehead atoms. The Kier molecular flexibility index (Phi) is 6.49. The number of thioether (sulfide) groups is 1. The summed E-state index contributed by atoms with van der Waals surface area (Å²) in [7, 11) is 3.26. The number of amides is 1. The molecule has 4 rings (SSSR count). The van der Waals surface area contributed by atoms with Crippen LogP contribution in [0.4, 0.5) is 4.39 Å². The molecule has 1 heterocycles. The van der Waals surface area contributed by atoms with Crippen molar-refractivity contribution < 1.29 is 18.7 Å². The average molecular weight is 431 g/mol. The van der Waals surface area contributed by atoms with E-state index in [1.165, 1.54) is 12.1 Å². The van der Waals surface area contributed by atoms with Gasteiger partial charge in [0.1, 0.15) is 5.82 Å². The van der Waals surface area contributed by atoms with Gasteiger partial charge in [0, 0.05) is 34.8 Å². The maximum absolute atomic E-state index is 13.2. The predicted octanol–water partition coefficient (Wildman–Crippen LogP) is 3.86. The van der Waals surface area contributed by atoms with Gasteiger partial charge in [-0.25, -0.2) is 4.39 Å².